The van der Waals surface area contributed by atoms with Gasteiger partial charge in [0.1, 0.15) is 0 Å². The average Bonchev–Trinajstić information content (AvgIpc) is 2.22. The molecule has 0 saturated carbocycles. The molecule has 0 bridgehead atoms. The molecule has 1 saturated heterocycles. The predicted molar refractivity (Wildman–Crippen MR) is 62.8 cm³/mol. The van der Waals surface area contributed by atoms with Gasteiger partial charge in [0.2, 0.25) is 0 Å². The van der Waals surface area contributed by atoms with Crippen molar-refractivity contribution in [3.8, 4) is 0 Å². The maximum atomic E-state index is 11.4. The number of thioether (sulfide) groups is 2. The summed E-state index contributed by atoms with van der Waals surface area (Å²) >= 11 is 2.05. The van der Waals surface area contributed by atoms with Crippen LogP contribution < -0.4 is 0 Å². The topological polar surface area (TPSA) is 68.3 Å². The van der Waals surface area contributed by atoms with Gasteiger partial charge in [-0.1, -0.05) is 23.5 Å². The highest BCUT2D eigenvalue weighted by Gasteiger charge is 2.39. The van der Waals surface area contributed by atoms with Gasteiger partial charge in [-0.05, 0) is 0 Å². The van der Waals surface area contributed by atoms with E-state index >= 15 is 0 Å². The van der Waals surface area contributed by atoms with Crippen LogP contribution in [0.2, 0.25) is 0 Å². The smallest absolute Gasteiger partial charge is 0.186 e. The number of carbonyl (C=O) groups excluding carboxylic acids is 2. The summed E-state index contributed by atoms with van der Waals surface area (Å²) in [5.74, 6) is 0.00435. The lowest BCUT2D eigenvalue weighted by molar-refractivity contribution is -0.110. The molecule has 0 aromatic heterocycles. The zero-order valence-electron chi connectivity index (χ0n) is 8.43. The van der Waals surface area contributed by atoms with Gasteiger partial charge in [0.25, 0.3) is 0 Å². The van der Waals surface area contributed by atoms with Crippen LogP contribution in [-0.4, -0.2) is 40.7 Å². The molecule has 0 radical (unpaired) electrons. The maximum Gasteiger partial charge on any atom is 0.186 e. The SMILES string of the molecule is CC(=O)S[C@H]1CS(=O)(=O)C[C@H]1SC(C)=O. The predicted octanol–water partition coefficient (Wildman–Crippen LogP) is 0.711. The highest BCUT2D eigenvalue weighted by atomic mass is 32.2. The molecule has 0 aliphatic carbocycles. The van der Waals surface area contributed by atoms with Crippen molar-refractivity contribution in [1.82, 2.24) is 0 Å². The molecular formula is C8H12O4S3. The second kappa shape index (κ2) is 4.88. The summed E-state index contributed by atoms with van der Waals surface area (Å²) in [7, 11) is -3.08. The lowest BCUT2D eigenvalue weighted by Crippen LogP contribution is -2.20. The molecule has 1 aliphatic heterocycles. The lowest BCUT2D eigenvalue weighted by atomic mass is 10.4. The second-order valence-electron chi connectivity index (χ2n) is 3.37. The molecule has 0 spiro atoms. The fourth-order valence-corrected chi connectivity index (χ4v) is 6.75. The van der Waals surface area contributed by atoms with Crippen molar-refractivity contribution in [2.75, 3.05) is 11.5 Å². The molecule has 1 rings (SSSR count). The van der Waals surface area contributed by atoms with Crippen LogP contribution in [0.3, 0.4) is 0 Å². The number of hydrogen-bond acceptors (Lipinski definition) is 6. The van der Waals surface area contributed by atoms with Crippen molar-refractivity contribution in [2.24, 2.45) is 0 Å². The fraction of sp³-hybridized carbons (Fsp3) is 0.750. The Morgan fingerprint density at radius 2 is 1.33 bits per heavy atom. The Labute approximate surface area is 97.5 Å². The van der Waals surface area contributed by atoms with Crippen molar-refractivity contribution in [3.05, 3.63) is 0 Å². The molecule has 0 aromatic rings. The first kappa shape index (κ1) is 13.1. The number of sulfone groups is 1. The normalized spacial score (nSPS) is 28.9. The first-order valence-electron chi connectivity index (χ1n) is 4.35. The maximum absolute atomic E-state index is 11.4. The highest BCUT2D eigenvalue weighted by molar-refractivity contribution is 8.18. The third-order valence-electron chi connectivity index (χ3n) is 1.89. The molecule has 1 fully saturated rings. The summed E-state index contributed by atoms with van der Waals surface area (Å²) in [6, 6.07) is 0. The van der Waals surface area contributed by atoms with Gasteiger partial charge in [0.15, 0.2) is 20.1 Å². The Morgan fingerprint density at radius 3 is 1.60 bits per heavy atom. The minimum Gasteiger partial charge on any atom is -0.288 e. The third-order valence-corrected chi connectivity index (χ3v) is 6.47. The molecule has 86 valence electrons. The monoisotopic (exact) mass is 268 g/mol. The van der Waals surface area contributed by atoms with E-state index in [0.29, 0.717) is 0 Å². The summed E-state index contributed by atoms with van der Waals surface area (Å²) in [5, 5.41) is -0.764. The highest BCUT2D eigenvalue weighted by Crippen LogP contribution is 2.33. The summed E-state index contributed by atoms with van der Waals surface area (Å²) in [4.78, 5) is 21.8. The first-order valence-corrected chi connectivity index (χ1v) is 7.93. The standard InChI is InChI=1S/C8H12O4S3/c1-5(9)13-7-3-15(11,12)4-8(7)14-6(2)10/h7-8H,3-4H2,1-2H3/t7-,8+. The van der Waals surface area contributed by atoms with Crippen LogP contribution in [0.5, 0.6) is 0 Å². The van der Waals surface area contributed by atoms with E-state index in [-0.39, 0.29) is 32.2 Å². The van der Waals surface area contributed by atoms with Gasteiger partial charge < -0.3 is 0 Å². The zero-order chi connectivity index (χ0) is 11.6. The van der Waals surface area contributed by atoms with E-state index in [0.717, 1.165) is 23.5 Å². The number of carbonyl (C=O) groups is 2. The fourth-order valence-electron chi connectivity index (χ4n) is 1.43. The van der Waals surface area contributed by atoms with Crippen LogP contribution in [-0.2, 0) is 19.4 Å². The summed E-state index contributed by atoms with van der Waals surface area (Å²) in [5.41, 5.74) is 0. The number of hydrogen-bond donors (Lipinski definition) is 0. The minimum absolute atomic E-state index is 0.00218. The van der Waals surface area contributed by atoms with Crippen molar-refractivity contribution in [2.45, 2.75) is 24.3 Å². The Hall–Kier alpha value is -0.0100. The second-order valence-corrected chi connectivity index (χ2v) is 8.36. The van der Waals surface area contributed by atoms with E-state index in [1.807, 2.05) is 0 Å². The molecule has 0 amide bonds. The Balaban J connectivity index is 2.74. The third kappa shape index (κ3) is 4.16. The summed E-state index contributed by atoms with van der Waals surface area (Å²) in [6.45, 7) is 2.82. The molecule has 7 heteroatoms. The molecular weight excluding hydrogens is 256 g/mol. The van der Waals surface area contributed by atoms with Gasteiger partial charge in [0.05, 0.1) is 11.5 Å². The molecule has 0 unspecified atom stereocenters. The van der Waals surface area contributed by atoms with Crippen molar-refractivity contribution >= 4 is 43.6 Å². The van der Waals surface area contributed by atoms with Gasteiger partial charge in [0, 0.05) is 24.3 Å². The molecule has 0 N–H and O–H groups in total. The van der Waals surface area contributed by atoms with Gasteiger partial charge >= 0.3 is 0 Å². The van der Waals surface area contributed by atoms with Crippen molar-refractivity contribution in [1.29, 1.82) is 0 Å². The van der Waals surface area contributed by atoms with Crippen LogP contribution in [0.4, 0.5) is 0 Å². The van der Waals surface area contributed by atoms with Gasteiger partial charge in [-0.3, -0.25) is 9.59 Å². The first-order chi connectivity index (χ1) is 6.80. The Bertz CT molecular complexity index is 343. The molecule has 4 nitrogen and oxygen atoms in total. The largest absolute Gasteiger partial charge is 0.288 e. The van der Waals surface area contributed by atoms with Crippen LogP contribution >= 0.6 is 23.5 Å². The summed E-state index contributed by atoms with van der Waals surface area (Å²) in [6.07, 6.45) is 0. The van der Waals surface area contributed by atoms with E-state index in [4.69, 9.17) is 0 Å². The van der Waals surface area contributed by atoms with Crippen molar-refractivity contribution < 1.29 is 18.0 Å². The van der Waals surface area contributed by atoms with Gasteiger partial charge in [-0.25, -0.2) is 8.42 Å². The van der Waals surface area contributed by atoms with E-state index in [1.165, 1.54) is 13.8 Å². The Kier molecular flexibility index (Phi) is 4.25. The molecule has 0 aromatic carbocycles. The van der Waals surface area contributed by atoms with Crippen LogP contribution in [0.15, 0.2) is 0 Å². The van der Waals surface area contributed by atoms with Crippen LogP contribution in [0.25, 0.3) is 0 Å². The van der Waals surface area contributed by atoms with Crippen LogP contribution in [0, 0.1) is 0 Å². The quantitative estimate of drug-likeness (QED) is 0.735. The van der Waals surface area contributed by atoms with Gasteiger partial charge in [-0.2, -0.15) is 0 Å². The zero-order valence-corrected chi connectivity index (χ0v) is 10.9. The molecule has 1 aliphatic rings. The van der Waals surface area contributed by atoms with Gasteiger partial charge in [-0.15, -0.1) is 0 Å². The Morgan fingerprint density at radius 1 is 1.00 bits per heavy atom. The minimum atomic E-state index is -3.08. The lowest BCUT2D eigenvalue weighted by Gasteiger charge is -2.13. The van der Waals surface area contributed by atoms with E-state index < -0.39 is 9.84 Å². The van der Waals surface area contributed by atoms with E-state index in [1.54, 1.807) is 0 Å². The molecule has 15 heavy (non-hydrogen) atoms. The van der Waals surface area contributed by atoms with E-state index in [9.17, 15) is 18.0 Å². The van der Waals surface area contributed by atoms with Crippen LogP contribution in [0.1, 0.15) is 13.8 Å². The molecule has 1 heterocycles. The molecule has 2 atom stereocenters. The van der Waals surface area contributed by atoms with E-state index in [2.05, 4.69) is 0 Å². The number of rotatable bonds is 2. The summed E-state index contributed by atoms with van der Waals surface area (Å²) < 4.78 is 22.7. The van der Waals surface area contributed by atoms with Crippen molar-refractivity contribution in [3.63, 3.8) is 0 Å². The average molecular weight is 268 g/mol.